The molecule has 0 aromatic heterocycles. The van der Waals surface area contributed by atoms with Crippen molar-refractivity contribution in [2.75, 3.05) is 31.7 Å². The highest BCUT2D eigenvalue weighted by Crippen LogP contribution is 2.25. The largest absolute Gasteiger partial charge is 0.497 e. The SMILES string of the molecule is COc1ccc(CC2CCN(C(=O)C3=NN(C4CCS(=O)(=O)C4)C(=O)CC3)CC2)cc1. The number of ether oxygens (including phenoxy) is 1. The van der Waals surface area contributed by atoms with Crippen molar-refractivity contribution < 1.29 is 22.7 Å². The van der Waals surface area contributed by atoms with Crippen molar-refractivity contribution in [2.24, 2.45) is 11.0 Å². The maximum atomic E-state index is 13.0. The summed E-state index contributed by atoms with van der Waals surface area (Å²) >= 11 is 0. The first kappa shape index (κ1) is 21.8. The van der Waals surface area contributed by atoms with Gasteiger partial charge in [-0.15, -0.1) is 0 Å². The van der Waals surface area contributed by atoms with E-state index >= 15 is 0 Å². The van der Waals surface area contributed by atoms with E-state index in [4.69, 9.17) is 4.74 Å². The quantitative estimate of drug-likeness (QED) is 0.684. The molecule has 1 aromatic rings. The molecule has 4 rings (SSSR count). The number of hydrazone groups is 1. The van der Waals surface area contributed by atoms with Gasteiger partial charge in [-0.3, -0.25) is 9.59 Å². The average molecular weight is 448 g/mol. The van der Waals surface area contributed by atoms with E-state index in [-0.39, 0.29) is 29.7 Å². The number of piperidine rings is 1. The van der Waals surface area contributed by atoms with Crippen molar-refractivity contribution in [3.8, 4) is 5.75 Å². The van der Waals surface area contributed by atoms with Gasteiger partial charge in [0.05, 0.1) is 24.7 Å². The van der Waals surface area contributed by atoms with Crippen LogP contribution in [0.15, 0.2) is 29.4 Å². The summed E-state index contributed by atoms with van der Waals surface area (Å²) < 4.78 is 28.8. The van der Waals surface area contributed by atoms with Crippen molar-refractivity contribution in [1.29, 1.82) is 0 Å². The highest BCUT2D eigenvalue weighted by atomic mass is 32.2. The van der Waals surface area contributed by atoms with E-state index in [0.717, 1.165) is 25.0 Å². The summed E-state index contributed by atoms with van der Waals surface area (Å²) in [5.74, 6) is 1.05. The maximum absolute atomic E-state index is 13.0. The molecule has 0 saturated carbocycles. The van der Waals surface area contributed by atoms with Gasteiger partial charge in [0.1, 0.15) is 11.5 Å². The second-order valence-electron chi connectivity index (χ2n) is 8.63. The van der Waals surface area contributed by atoms with Gasteiger partial charge in [-0.05, 0) is 49.3 Å². The van der Waals surface area contributed by atoms with E-state index in [9.17, 15) is 18.0 Å². The lowest BCUT2D eigenvalue weighted by molar-refractivity contribution is -0.134. The first-order valence-electron chi connectivity index (χ1n) is 10.9. The van der Waals surface area contributed by atoms with Crippen molar-refractivity contribution >= 4 is 27.4 Å². The van der Waals surface area contributed by atoms with Crippen LogP contribution in [0, 0.1) is 5.92 Å². The van der Waals surface area contributed by atoms with E-state index in [0.29, 0.717) is 37.6 Å². The Labute approximate surface area is 183 Å². The lowest BCUT2D eigenvalue weighted by Gasteiger charge is -2.34. The molecule has 9 heteroatoms. The average Bonchev–Trinajstić information content (AvgIpc) is 3.14. The number of benzene rings is 1. The Morgan fingerprint density at radius 3 is 2.45 bits per heavy atom. The number of amides is 2. The van der Waals surface area contributed by atoms with E-state index in [1.807, 2.05) is 17.0 Å². The lowest BCUT2D eigenvalue weighted by atomic mass is 9.90. The summed E-state index contributed by atoms with van der Waals surface area (Å²) in [6.45, 7) is 1.34. The standard InChI is InChI=1S/C22H29N3O5S/c1-30-19-4-2-16(3-5-19)14-17-8-11-24(12-9-17)22(27)20-6-7-21(26)25(23-20)18-10-13-31(28,29)15-18/h2-5,17-18H,6-15H2,1H3. The molecule has 0 radical (unpaired) electrons. The first-order chi connectivity index (χ1) is 14.8. The molecule has 2 saturated heterocycles. The van der Waals surface area contributed by atoms with E-state index in [1.54, 1.807) is 7.11 Å². The highest BCUT2D eigenvalue weighted by molar-refractivity contribution is 7.91. The van der Waals surface area contributed by atoms with Gasteiger partial charge >= 0.3 is 0 Å². The van der Waals surface area contributed by atoms with Gasteiger partial charge < -0.3 is 9.64 Å². The number of likely N-dealkylation sites (tertiary alicyclic amines) is 1. The molecule has 8 nitrogen and oxygen atoms in total. The molecule has 0 bridgehead atoms. The molecule has 31 heavy (non-hydrogen) atoms. The second kappa shape index (κ2) is 8.98. The molecule has 0 aliphatic carbocycles. The number of carbonyl (C=O) groups excluding carboxylic acids is 2. The fourth-order valence-electron chi connectivity index (χ4n) is 4.60. The maximum Gasteiger partial charge on any atom is 0.270 e. The summed E-state index contributed by atoms with van der Waals surface area (Å²) in [7, 11) is -1.47. The van der Waals surface area contributed by atoms with Crippen LogP contribution in [-0.4, -0.2) is 73.6 Å². The first-order valence-corrected chi connectivity index (χ1v) is 12.7. The van der Waals surface area contributed by atoms with Crippen LogP contribution in [-0.2, 0) is 25.8 Å². The summed E-state index contributed by atoms with van der Waals surface area (Å²) in [5, 5.41) is 5.58. The van der Waals surface area contributed by atoms with Crippen LogP contribution >= 0.6 is 0 Å². The molecule has 3 aliphatic rings. The topological polar surface area (TPSA) is 96.3 Å². The predicted molar refractivity (Wildman–Crippen MR) is 117 cm³/mol. The van der Waals surface area contributed by atoms with Gasteiger partial charge in [0.25, 0.3) is 5.91 Å². The van der Waals surface area contributed by atoms with E-state index in [1.165, 1.54) is 10.6 Å². The van der Waals surface area contributed by atoms with Gasteiger partial charge in [0, 0.05) is 25.9 Å². The van der Waals surface area contributed by atoms with Crippen LogP contribution in [0.1, 0.15) is 37.7 Å². The molecular formula is C22H29N3O5S. The number of hydrogen-bond donors (Lipinski definition) is 0. The Bertz CT molecular complexity index is 965. The summed E-state index contributed by atoms with van der Waals surface area (Å²) in [4.78, 5) is 27.1. The van der Waals surface area contributed by atoms with Crippen molar-refractivity contribution in [1.82, 2.24) is 9.91 Å². The van der Waals surface area contributed by atoms with E-state index in [2.05, 4.69) is 17.2 Å². The monoisotopic (exact) mass is 447 g/mol. The Morgan fingerprint density at radius 1 is 1.13 bits per heavy atom. The predicted octanol–water partition coefficient (Wildman–Crippen LogP) is 1.64. The molecule has 2 fully saturated rings. The van der Waals surface area contributed by atoms with Crippen LogP contribution in [0.3, 0.4) is 0 Å². The Kier molecular flexibility index (Phi) is 6.31. The number of methoxy groups -OCH3 is 1. The van der Waals surface area contributed by atoms with Gasteiger partial charge in [0.2, 0.25) is 5.91 Å². The van der Waals surface area contributed by atoms with Gasteiger partial charge in [0.15, 0.2) is 9.84 Å². The third-order valence-corrected chi connectivity index (χ3v) is 8.20. The number of sulfone groups is 1. The van der Waals surface area contributed by atoms with E-state index < -0.39 is 15.9 Å². The minimum absolute atomic E-state index is 0.0690. The smallest absolute Gasteiger partial charge is 0.270 e. The number of rotatable bonds is 5. The summed E-state index contributed by atoms with van der Waals surface area (Å²) in [6, 6.07) is 7.66. The molecule has 1 unspecified atom stereocenters. The molecule has 2 amide bonds. The molecule has 1 atom stereocenters. The third kappa shape index (κ3) is 5.08. The van der Waals surface area contributed by atoms with Crippen LogP contribution in [0.4, 0.5) is 0 Å². The summed E-state index contributed by atoms with van der Waals surface area (Å²) in [5.41, 5.74) is 1.64. The van der Waals surface area contributed by atoms with Crippen LogP contribution < -0.4 is 4.74 Å². The normalized spacial score (nSPS) is 24.2. The fraction of sp³-hybridized carbons (Fsp3) is 0.591. The lowest BCUT2D eigenvalue weighted by Crippen LogP contribution is -2.47. The van der Waals surface area contributed by atoms with Crippen LogP contribution in [0.2, 0.25) is 0 Å². The molecule has 0 N–H and O–H groups in total. The number of nitrogens with zero attached hydrogens (tertiary/aromatic N) is 3. The van der Waals surface area contributed by atoms with Gasteiger partial charge in [-0.1, -0.05) is 12.1 Å². The van der Waals surface area contributed by atoms with Crippen LogP contribution in [0.25, 0.3) is 0 Å². The molecule has 3 aliphatic heterocycles. The molecule has 168 valence electrons. The fourth-order valence-corrected chi connectivity index (χ4v) is 6.29. The van der Waals surface area contributed by atoms with Crippen molar-refractivity contribution in [3.05, 3.63) is 29.8 Å². The highest BCUT2D eigenvalue weighted by Gasteiger charge is 2.38. The van der Waals surface area contributed by atoms with Gasteiger partial charge in [-0.2, -0.15) is 5.10 Å². The minimum Gasteiger partial charge on any atom is -0.497 e. The minimum atomic E-state index is -3.13. The Balaban J connectivity index is 1.34. The zero-order valence-corrected chi connectivity index (χ0v) is 18.6. The van der Waals surface area contributed by atoms with Crippen LogP contribution in [0.5, 0.6) is 5.75 Å². The Hall–Kier alpha value is -2.42. The van der Waals surface area contributed by atoms with Crippen molar-refractivity contribution in [2.45, 2.75) is 44.6 Å². The number of hydrogen-bond acceptors (Lipinski definition) is 6. The van der Waals surface area contributed by atoms with Gasteiger partial charge in [-0.25, -0.2) is 13.4 Å². The molecule has 3 heterocycles. The summed E-state index contributed by atoms with van der Waals surface area (Å²) in [6.07, 6.45) is 3.73. The number of carbonyl (C=O) groups is 2. The molecule has 1 aromatic carbocycles. The van der Waals surface area contributed by atoms with Crippen molar-refractivity contribution in [3.63, 3.8) is 0 Å². The second-order valence-corrected chi connectivity index (χ2v) is 10.9. The zero-order chi connectivity index (χ0) is 22.0. The molecule has 0 spiro atoms. The third-order valence-electron chi connectivity index (χ3n) is 6.45. The molecular weight excluding hydrogens is 418 g/mol. The Morgan fingerprint density at radius 2 is 1.84 bits per heavy atom. The zero-order valence-electron chi connectivity index (χ0n) is 17.8.